The van der Waals surface area contributed by atoms with E-state index in [2.05, 4.69) is 37.6 Å². The molecule has 0 fully saturated rings. The van der Waals surface area contributed by atoms with Gasteiger partial charge < -0.3 is 5.73 Å². The highest BCUT2D eigenvalue weighted by molar-refractivity contribution is 5.41. The van der Waals surface area contributed by atoms with E-state index in [9.17, 15) is 0 Å². The van der Waals surface area contributed by atoms with Crippen molar-refractivity contribution >= 4 is 5.69 Å². The van der Waals surface area contributed by atoms with Gasteiger partial charge in [0.25, 0.3) is 0 Å². The van der Waals surface area contributed by atoms with Crippen molar-refractivity contribution in [3.63, 3.8) is 0 Å². The van der Waals surface area contributed by atoms with Crippen LogP contribution in [0.3, 0.4) is 0 Å². The molecule has 102 valence electrons. The normalized spacial score (nSPS) is 11.7. The summed E-state index contributed by atoms with van der Waals surface area (Å²) in [5.41, 5.74) is 7.80. The molecule has 3 heteroatoms. The van der Waals surface area contributed by atoms with E-state index in [0.717, 1.165) is 24.5 Å². The fourth-order valence-corrected chi connectivity index (χ4v) is 2.39. The van der Waals surface area contributed by atoms with Crippen LogP contribution in [0, 0.1) is 5.92 Å². The number of aromatic nitrogens is 1. The molecule has 0 aromatic carbocycles. The van der Waals surface area contributed by atoms with Gasteiger partial charge in [-0.3, -0.25) is 9.88 Å². The number of hydrogen-bond donors (Lipinski definition) is 1. The molecule has 1 rings (SSSR count). The molecule has 0 atom stereocenters. The molecule has 0 unspecified atom stereocenters. The van der Waals surface area contributed by atoms with Crippen LogP contribution in [0.1, 0.15) is 46.2 Å². The first kappa shape index (κ1) is 15.0. The van der Waals surface area contributed by atoms with Crippen molar-refractivity contribution < 1.29 is 0 Å². The predicted molar refractivity (Wildman–Crippen MR) is 78.3 cm³/mol. The molecule has 0 aliphatic rings. The van der Waals surface area contributed by atoms with Gasteiger partial charge in [0, 0.05) is 25.3 Å². The van der Waals surface area contributed by atoms with Crippen LogP contribution >= 0.6 is 0 Å². The average molecular weight is 249 g/mol. The molecule has 0 aliphatic heterocycles. The number of rotatable bonds is 7. The van der Waals surface area contributed by atoms with Gasteiger partial charge in [0.05, 0.1) is 11.4 Å². The zero-order chi connectivity index (χ0) is 13.5. The molecule has 1 aromatic heterocycles. The molecule has 0 saturated carbocycles. The molecule has 0 bridgehead atoms. The van der Waals surface area contributed by atoms with Crippen molar-refractivity contribution in [3.8, 4) is 0 Å². The third-order valence-corrected chi connectivity index (χ3v) is 3.34. The minimum Gasteiger partial charge on any atom is -0.397 e. The summed E-state index contributed by atoms with van der Waals surface area (Å²) in [7, 11) is 0. The van der Waals surface area contributed by atoms with Gasteiger partial charge in [-0.2, -0.15) is 0 Å². The van der Waals surface area contributed by atoms with Crippen LogP contribution in [0.25, 0.3) is 0 Å². The van der Waals surface area contributed by atoms with Crippen molar-refractivity contribution in [1.29, 1.82) is 0 Å². The van der Waals surface area contributed by atoms with E-state index in [1.807, 2.05) is 18.3 Å². The molecular formula is C15H27N3. The second-order valence-electron chi connectivity index (χ2n) is 5.33. The Kier molecular flexibility index (Phi) is 6.13. The van der Waals surface area contributed by atoms with E-state index in [1.54, 1.807) is 0 Å². The van der Waals surface area contributed by atoms with Gasteiger partial charge in [-0.15, -0.1) is 0 Å². The third-order valence-electron chi connectivity index (χ3n) is 3.34. The second-order valence-corrected chi connectivity index (χ2v) is 5.33. The first-order valence-corrected chi connectivity index (χ1v) is 7.01. The van der Waals surface area contributed by atoms with Crippen LogP contribution in [0.15, 0.2) is 18.3 Å². The van der Waals surface area contributed by atoms with Crippen LogP contribution in [0.2, 0.25) is 0 Å². The first-order chi connectivity index (χ1) is 8.58. The molecule has 1 heterocycles. The molecule has 0 saturated heterocycles. The summed E-state index contributed by atoms with van der Waals surface area (Å²) in [5.74, 6) is 0.663. The molecule has 3 nitrogen and oxygen atoms in total. The fraction of sp³-hybridized carbons (Fsp3) is 0.667. The number of hydrogen-bond acceptors (Lipinski definition) is 3. The lowest BCUT2D eigenvalue weighted by Crippen LogP contribution is -2.37. The van der Waals surface area contributed by atoms with Gasteiger partial charge in [-0.05, 0) is 30.9 Å². The molecule has 18 heavy (non-hydrogen) atoms. The summed E-state index contributed by atoms with van der Waals surface area (Å²) in [6, 6.07) is 4.44. The highest BCUT2D eigenvalue weighted by Crippen LogP contribution is 2.17. The van der Waals surface area contributed by atoms with Gasteiger partial charge >= 0.3 is 0 Å². The Morgan fingerprint density at radius 2 is 1.94 bits per heavy atom. The van der Waals surface area contributed by atoms with Gasteiger partial charge in [0.2, 0.25) is 0 Å². The van der Waals surface area contributed by atoms with E-state index >= 15 is 0 Å². The smallest absolute Gasteiger partial charge is 0.0772 e. The van der Waals surface area contributed by atoms with Crippen LogP contribution < -0.4 is 5.73 Å². The summed E-state index contributed by atoms with van der Waals surface area (Å²) < 4.78 is 0. The molecule has 0 aliphatic carbocycles. The number of nitrogens with two attached hydrogens (primary N) is 1. The maximum absolute atomic E-state index is 5.99. The molecular weight excluding hydrogens is 222 g/mol. The molecule has 0 spiro atoms. The van der Waals surface area contributed by atoms with Gasteiger partial charge in [0.15, 0.2) is 0 Å². The van der Waals surface area contributed by atoms with E-state index < -0.39 is 0 Å². The standard InChI is InChI=1S/C15H27N3/c1-5-13(6-2)18(10-12(3)4)11-15-14(16)8-7-9-17-15/h7-9,12-13H,5-6,10-11,16H2,1-4H3. The predicted octanol–water partition coefficient (Wildman–Crippen LogP) is 3.31. The SMILES string of the molecule is CCC(CC)N(Cc1ncccc1N)CC(C)C. The maximum atomic E-state index is 5.99. The Morgan fingerprint density at radius 3 is 2.44 bits per heavy atom. The Hall–Kier alpha value is -1.09. The fourth-order valence-electron chi connectivity index (χ4n) is 2.39. The number of nitrogen functional groups attached to an aromatic ring is 1. The minimum atomic E-state index is 0.619. The molecule has 1 aromatic rings. The zero-order valence-electron chi connectivity index (χ0n) is 12.2. The summed E-state index contributed by atoms with van der Waals surface area (Å²) in [6.07, 6.45) is 4.18. The maximum Gasteiger partial charge on any atom is 0.0772 e. The quantitative estimate of drug-likeness (QED) is 0.806. The van der Waals surface area contributed by atoms with Crippen molar-refractivity contribution in [2.45, 2.75) is 53.1 Å². The number of anilines is 1. The topological polar surface area (TPSA) is 42.2 Å². The van der Waals surface area contributed by atoms with E-state index in [0.29, 0.717) is 12.0 Å². The highest BCUT2D eigenvalue weighted by Gasteiger charge is 2.17. The third kappa shape index (κ3) is 4.30. The Bertz CT molecular complexity index is 345. The van der Waals surface area contributed by atoms with Crippen molar-refractivity contribution in [2.75, 3.05) is 12.3 Å². The Balaban J connectivity index is 2.80. The monoisotopic (exact) mass is 249 g/mol. The number of nitrogens with zero attached hydrogens (tertiary/aromatic N) is 2. The van der Waals surface area contributed by atoms with Gasteiger partial charge in [0.1, 0.15) is 0 Å². The largest absolute Gasteiger partial charge is 0.397 e. The van der Waals surface area contributed by atoms with Crippen LogP contribution in [0.4, 0.5) is 5.69 Å². The van der Waals surface area contributed by atoms with E-state index in [-0.39, 0.29) is 0 Å². The van der Waals surface area contributed by atoms with Crippen molar-refractivity contribution in [1.82, 2.24) is 9.88 Å². The summed E-state index contributed by atoms with van der Waals surface area (Å²) in [6.45, 7) is 11.0. The summed E-state index contributed by atoms with van der Waals surface area (Å²) in [4.78, 5) is 6.93. The van der Waals surface area contributed by atoms with Gasteiger partial charge in [-0.1, -0.05) is 27.7 Å². The average Bonchev–Trinajstić information content (AvgIpc) is 2.32. The van der Waals surface area contributed by atoms with Crippen LogP contribution in [-0.2, 0) is 6.54 Å². The van der Waals surface area contributed by atoms with E-state index in [4.69, 9.17) is 5.73 Å². The Labute approximate surface area is 111 Å². The Morgan fingerprint density at radius 1 is 1.28 bits per heavy atom. The first-order valence-electron chi connectivity index (χ1n) is 7.01. The lowest BCUT2D eigenvalue weighted by atomic mass is 10.1. The van der Waals surface area contributed by atoms with Crippen LogP contribution in [0.5, 0.6) is 0 Å². The minimum absolute atomic E-state index is 0.619. The molecule has 0 radical (unpaired) electrons. The summed E-state index contributed by atoms with van der Waals surface area (Å²) >= 11 is 0. The van der Waals surface area contributed by atoms with Crippen molar-refractivity contribution in [2.24, 2.45) is 5.92 Å². The lowest BCUT2D eigenvalue weighted by molar-refractivity contribution is 0.156. The van der Waals surface area contributed by atoms with E-state index in [1.165, 1.54) is 12.8 Å². The number of pyridine rings is 1. The van der Waals surface area contributed by atoms with Crippen LogP contribution in [-0.4, -0.2) is 22.5 Å². The highest BCUT2D eigenvalue weighted by atomic mass is 15.2. The zero-order valence-corrected chi connectivity index (χ0v) is 12.2. The summed E-state index contributed by atoms with van der Waals surface area (Å²) in [5, 5.41) is 0. The lowest BCUT2D eigenvalue weighted by Gasteiger charge is -2.31. The molecule has 2 N–H and O–H groups in total. The second kappa shape index (κ2) is 7.37. The molecule has 0 amide bonds. The van der Waals surface area contributed by atoms with Crippen molar-refractivity contribution in [3.05, 3.63) is 24.0 Å². The van der Waals surface area contributed by atoms with Gasteiger partial charge in [-0.25, -0.2) is 0 Å².